The number of nitrogen functional groups attached to an aromatic ring is 1. The largest absolute Gasteiger partial charge is 0.384 e. The van der Waals surface area contributed by atoms with Crippen LogP contribution in [0.3, 0.4) is 0 Å². The smallest absolute Gasteiger partial charge is 0.332 e. The summed E-state index contributed by atoms with van der Waals surface area (Å²) >= 11 is 1.64. The molecule has 2 N–H and O–H groups in total. The second-order valence-electron chi connectivity index (χ2n) is 6.10. The molecule has 7 nitrogen and oxygen atoms in total. The van der Waals surface area contributed by atoms with Gasteiger partial charge in [0.2, 0.25) is 0 Å². The quantitative estimate of drug-likeness (QED) is 0.771. The summed E-state index contributed by atoms with van der Waals surface area (Å²) in [4.78, 5) is 40.2. The molecule has 1 fully saturated rings. The molecule has 8 heteroatoms. The second-order valence-corrected chi connectivity index (χ2v) is 7.14. The first-order valence-corrected chi connectivity index (χ1v) is 8.63. The summed E-state index contributed by atoms with van der Waals surface area (Å²) in [5.41, 5.74) is 4.60. The lowest BCUT2D eigenvalue weighted by molar-refractivity contribution is 0.0918. The van der Waals surface area contributed by atoms with Gasteiger partial charge in [0.25, 0.3) is 5.56 Å². The number of Topliss-reactive ketones (excluding diaryl/α,β-unsaturated/α-hetero) is 1. The Labute approximate surface area is 142 Å². The van der Waals surface area contributed by atoms with Gasteiger partial charge in [-0.15, -0.1) is 11.3 Å². The van der Waals surface area contributed by atoms with E-state index in [9.17, 15) is 14.4 Å². The van der Waals surface area contributed by atoms with Crippen molar-refractivity contribution in [3.8, 4) is 0 Å². The maximum Gasteiger partial charge on any atom is 0.332 e. The van der Waals surface area contributed by atoms with Gasteiger partial charge in [-0.25, -0.2) is 4.79 Å². The maximum atomic E-state index is 12.7. The zero-order valence-corrected chi connectivity index (χ0v) is 14.5. The Morgan fingerprint density at radius 3 is 2.62 bits per heavy atom. The number of thiophene rings is 1. The van der Waals surface area contributed by atoms with Crippen molar-refractivity contribution < 1.29 is 4.79 Å². The molecule has 0 atom stereocenters. The van der Waals surface area contributed by atoms with E-state index in [1.807, 2.05) is 17.5 Å². The van der Waals surface area contributed by atoms with E-state index in [-0.39, 0.29) is 23.7 Å². The number of carbonyl (C=O) groups excluding carboxylic acids is 1. The summed E-state index contributed by atoms with van der Waals surface area (Å²) in [5.74, 6) is -0.410. The highest BCUT2D eigenvalue weighted by atomic mass is 32.1. The Kier molecular flexibility index (Phi) is 4.42. The molecular formula is C16H20N4O3S. The first kappa shape index (κ1) is 16.7. The molecule has 2 heterocycles. The molecule has 0 bridgehead atoms. The van der Waals surface area contributed by atoms with Gasteiger partial charge in [0.15, 0.2) is 5.78 Å². The van der Waals surface area contributed by atoms with Gasteiger partial charge in [-0.2, -0.15) is 0 Å². The van der Waals surface area contributed by atoms with E-state index in [2.05, 4.69) is 4.90 Å². The first-order valence-electron chi connectivity index (χ1n) is 7.75. The minimum absolute atomic E-state index is 0.0695. The molecule has 0 aromatic carbocycles. The SMILES string of the molecule is Cn1c(N)c(C(=O)CN(Cc2cccs2)C2CC2)c(=O)n(C)c1=O. The fourth-order valence-corrected chi connectivity index (χ4v) is 3.47. The van der Waals surface area contributed by atoms with Crippen LogP contribution in [0.1, 0.15) is 28.1 Å². The number of aromatic nitrogens is 2. The van der Waals surface area contributed by atoms with Crippen molar-refractivity contribution in [2.45, 2.75) is 25.4 Å². The van der Waals surface area contributed by atoms with Crippen molar-refractivity contribution in [2.75, 3.05) is 12.3 Å². The average Bonchev–Trinajstić information content (AvgIpc) is 3.28. The zero-order chi connectivity index (χ0) is 17.4. The molecular weight excluding hydrogens is 328 g/mol. The van der Waals surface area contributed by atoms with Crippen LogP contribution in [0.15, 0.2) is 27.1 Å². The fourth-order valence-electron chi connectivity index (χ4n) is 2.74. The monoisotopic (exact) mass is 348 g/mol. The highest BCUT2D eigenvalue weighted by molar-refractivity contribution is 7.09. The Bertz CT molecular complexity index is 878. The van der Waals surface area contributed by atoms with Crippen LogP contribution < -0.4 is 17.0 Å². The van der Waals surface area contributed by atoms with E-state index in [1.165, 1.54) is 19.0 Å². The van der Waals surface area contributed by atoms with Crippen molar-refractivity contribution in [2.24, 2.45) is 14.1 Å². The first-order chi connectivity index (χ1) is 11.4. The Hall–Kier alpha value is -2.19. The molecule has 0 unspecified atom stereocenters. The van der Waals surface area contributed by atoms with Crippen LogP contribution in [0.25, 0.3) is 0 Å². The summed E-state index contributed by atoms with van der Waals surface area (Å²) in [6.45, 7) is 0.806. The molecule has 0 spiro atoms. The number of rotatable bonds is 6. The Morgan fingerprint density at radius 1 is 1.33 bits per heavy atom. The van der Waals surface area contributed by atoms with Gasteiger partial charge in [0.1, 0.15) is 11.4 Å². The predicted octanol–water partition coefficient (Wildman–Crippen LogP) is 0.575. The molecule has 3 rings (SSSR count). The molecule has 1 saturated carbocycles. The van der Waals surface area contributed by atoms with E-state index >= 15 is 0 Å². The van der Waals surface area contributed by atoms with Gasteiger partial charge in [0.05, 0.1) is 6.54 Å². The van der Waals surface area contributed by atoms with Crippen molar-refractivity contribution in [3.63, 3.8) is 0 Å². The van der Waals surface area contributed by atoms with Crippen LogP contribution in [-0.4, -0.2) is 32.4 Å². The van der Waals surface area contributed by atoms with Crippen molar-refractivity contribution in [3.05, 3.63) is 48.8 Å². The highest BCUT2D eigenvalue weighted by Gasteiger charge is 2.32. The van der Waals surface area contributed by atoms with Crippen LogP contribution >= 0.6 is 11.3 Å². The fraction of sp³-hybridized carbons (Fsp3) is 0.438. The molecule has 0 aliphatic heterocycles. The lowest BCUT2D eigenvalue weighted by Gasteiger charge is -2.21. The number of nitrogens with two attached hydrogens (primary N) is 1. The van der Waals surface area contributed by atoms with Crippen LogP contribution in [0.2, 0.25) is 0 Å². The third-order valence-corrected chi connectivity index (χ3v) is 5.20. The summed E-state index contributed by atoms with van der Waals surface area (Å²) in [5, 5.41) is 2.00. The van der Waals surface area contributed by atoms with E-state index in [1.54, 1.807) is 11.3 Å². The molecule has 2 aromatic rings. The normalized spacial score (nSPS) is 14.3. The number of hydrogen-bond acceptors (Lipinski definition) is 6. The van der Waals surface area contributed by atoms with Gasteiger partial charge >= 0.3 is 5.69 Å². The molecule has 1 aliphatic carbocycles. The van der Waals surface area contributed by atoms with Crippen molar-refractivity contribution >= 4 is 22.9 Å². The Balaban J connectivity index is 1.89. The molecule has 2 aromatic heterocycles. The molecule has 1 aliphatic rings. The average molecular weight is 348 g/mol. The molecule has 0 amide bonds. The third-order valence-electron chi connectivity index (χ3n) is 4.34. The minimum atomic E-state index is -0.632. The van der Waals surface area contributed by atoms with Crippen LogP contribution in [0.5, 0.6) is 0 Å². The highest BCUT2D eigenvalue weighted by Crippen LogP contribution is 2.29. The maximum absolute atomic E-state index is 12.7. The van der Waals surface area contributed by atoms with E-state index < -0.39 is 11.2 Å². The summed E-state index contributed by atoms with van der Waals surface area (Å²) in [7, 11) is 2.81. The lowest BCUT2D eigenvalue weighted by Crippen LogP contribution is -2.43. The molecule has 24 heavy (non-hydrogen) atoms. The van der Waals surface area contributed by atoms with E-state index in [0.29, 0.717) is 12.6 Å². The van der Waals surface area contributed by atoms with Gasteiger partial charge in [-0.1, -0.05) is 6.07 Å². The number of ketones is 1. The second kappa shape index (κ2) is 6.37. The van der Waals surface area contributed by atoms with Crippen LogP contribution in [-0.2, 0) is 20.6 Å². The van der Waals surface area contributed by atoms with Crippen LogP contribution in [0, 0.1) is 0 Å². The van der Waals surface area contributed by atoms with Crippen molar-refractivity contribution in [1.29, 1.82) is 0 Å². The molecule has 0 saturated heterocycles. The Morgan fingerprint density at radius 2 is 2.04 bits per heavy atom. The van der Waals surface area contributed by atoms with Gasteiger partial charge in [-0.3, -0.25) is 23.6 Å². The van der Waals surface area contributed by atoms with Gasteiger partial charge in [0, 0.05) is 31.6 Å². The topological polar surface area (TPSA) is 90.3 Å². The molecule has 0 radical (unpaired) electrons. The standard InChI is InChI=1S/C16H20N4O3S/c1-18-14(17)13(15(22)19(2)16(18)23)12(21)9-20(10-5-6-10)8-11-4-3-7-24-11/h3-4,7,10H,5-6,8-9,17H2,1-2H3. The number of carbonyl (C=O) groups is 1. The van der Waals surface area contributed by atoms with Gasteiger partial charge < -0.3 is 5.73 Å². The molecule has 128 valence electrons. The summed E-state index contributed by atoms with van der Waals surface area (Å²) < 4.78 is 2.06. The minimum Gasteiger partial charge on any atom is -0.384 e. The van der Waals surface area contributed by atoms with E-state index in [4.69, 9.17) is 5.73 Å². The summed E-state index contributed by atoms with van der Waals surface area (Å²) in [6, 6.07) is 4.38. The third kappa shape index (κ3) is 3.07. The summed E-state index contributed by atoms with van der Waals surface area (Å²) in [6.07, 6.45) is 2.11. The number of hydrogen-bond donors (Lipinski definition) is 1. The van der Waals surface area contributed by atoms with Crippen molar-refractivity contribution in [1.82, 2.24) is 14.0 Å². The number of nitrogens with zero attached hydrogens (tertiary/aromatic N) is 3. The lowest BCUT2D eigenvalue weighted by atomic mass is 10.1. The van der Waals surface area contributed by atoms with Crippen LogP contribution in [0.4, 0.5) is 5.82 Å². The predicted molar refractivity (Wildman–Crippen MR) is 93.4 cm³/mol. The van der Waals surface area contributed by atoms with Gasteiger partial charge in [-0.05, 0) is 24.3 Å². The number of anilines is 1. The van der Waals surface area contributed by atoms with E-state index in [0.717, 1.165) is 22.0 Å². The zero-order valence-electron chi connectivity index (χ0n) is 13.7.